The van der Waals surface area contributed by atoms with Crippen LogP contribution in [0.4, 0.5) is 4.39 Å². The lowest BCUT2D eigenvalue weighted by molar-refractivity contribution is 0.0784. The van der Waals surface area contributed by atoms with Crippen LogP contribution in [0.25, 0.3) is 5.69 Å². The molecule has 0 saturated carbocycles. The van der Waals surface area contributed by atoms with Crippen molar-refractivity contribution < 1.29 is 18.7 Å². The van der Waals surface area contributed by atoms with Gasteiger partial charge in [0.05, 0.1) is 17.5 Å². The molecule has 27 heavy (non-hydrogen) atoms. The molecule has 0 fully saturated rings. The van der Waals surface area contributed by atoms with E-state index in [-0.39, 0.29) is 12.7 Å². The predicted molar refractivity (Wildman–Crippen MR) is 96.6 cm³/mol. The Morgan fingerprint density at radius 1 is 1.22 bits per heavy atom. The molecule has 1 aliphatic heterocycles. The van der Waals surface area contributed by atoms with Gasteiger partial charge in [0.15, 0.2) is 11.5 Å². The summed E-state index contributed by atoms with van der Waals surface area (Å²) in [5.41, 5.74) is 2.26. The second-order valence-electron chi connectivity index (χ2n) is 6.36. The molecule has 1 aromatic heterocycles. The van der Waals surface area contributed by atoms with Crippen molar-refractivity contribution in [1.29, 1.82) is 0 Å². The number of halogens is 1. The molecule has 2 heterocycles. The van der Waals surface area contributed by atoms with E-state index >= 15 is 0 Å². The Kier molecular flexibility index (Phi) is 4.27. The standard InChI is InChI=1S/C20H18FN3O3/c1-13-15(10-22-24(13)17-6-4-3-5-16(17)21)20(25)23(2)11-14-7-8-18-19(9-14)27-12-26-18/h3-10H,11-12H2,1-2H3. The summed E-state index contributed by atoms with van der Waals surface area (Å²) < 4.78 is 26.2. The van der Waals surface area contributed by atoms with Gasteiger partial charge in [-0.3, -0.25) is 4.79 Å². The van der Waals surface area contributed by atoms with Crippen molar-refractivity contribution >= 4 is 5.91 Å². The summed E-state index contributed by atoms with van der Waals surface area (Å²) in [6.07, 6.45) is 1.47. The van der Waals surface area contributed by atoms with Gasteiger partial charge in [-0.2, -0.15) is 5.10 Å². The molecule has 3 aromatic rings. The fourth-order valence-corrected chi connectivity index (χ4v) is 3.08. The maximum absolute atomic E-state index is 14.0. The maximum atomic E-state index is 14.0. The molecular weight excluding hydrogens is 349 g/mol. The molecule has 0 spiro atoms. The van der Waals surface area contributed by atoms with Crippen LogP contribution in [0, 0.1) is 12.7 Å². The summed E-state index contributed by atoms with van der Waals surface area (Å²) in [5.74, 6) is 0.802. The number of nitrogens with zero attached hydrogens (tertiary/aromatic N) is 3. The highest BCUT2D eigenvalue weighted by molar-refractivity contribution is 5.95. The molecule has 0 aliphatic carbocycles. The molecule has 4 rings (SSSR count). The summed E-state index contributed by atoms with van der Waals surface area (Å²) in [7, 11) is 1.72. The van der Waals surface area contributed by atoms with Crippen LogP contribution in [-0.4, -0.2) is 34.4 Å². The SMILES string of the molecule is Cc1c(C(=O)N(C)Cc2ccc3c(c2)OCO3)cnn1-c1ccccc1F. The summed E-state index contributed by atoms with van der Waals surface area (Å²) in [6, 6.07) is 11.9. The average Bonchev–Trinajstić information content (AvgIpc) is 3.27. The molecular formula is C20H18FN3O3. The number of ether oxygens (including phenoxy) is 2. The van der Waals surface area contributed by atoms with Gasteiger partial charge >= 0.3 is 0 Å². The number of amides is 1. The smallest absolute Gasteiger partial charge is 0.257 e. The van der Waals surface area contributed by atoms with Crippen molar-refractivity contribution in [3.05, 3.63) is 71.3 Å². The highest BCUT2D eigenvalue weighted by Gasteiger charge is 2.21. The zero-order valence-electron chi connectivity index (χ0n) is 15.0. The Balaban J connectivity index is 1.55. The molecule has 0 N–H and O–H groups in total. The topological polar surface area (TPSA) is 56.6 Å². The minimum atomic E-state index is -0.392. The van der Waals surface area contributed by atoms with Crippen LogP contribution in [0.1, 0.15) is 21.6 Å². The second kappa shape index (κ2) is 6.75. The molecule has 1 aliphatic rings. The first-order valence-electron chi connectivity index (χ1n) is 8.48. The van der Waals surface area contributed by atoms with Gasteiger partial charge in [-0.05, 0) is 36.8 Å². The molecule has 0 atom stereocenters. The first kappa shape index (κ1) is 17.1. The van der Waals surface area contributed by atoms with Gasteiger partial charge in [-0.15, -0.1) is 0 Å². The van der Waals surface area contributed by atoms with E-state index in [9.17, 15) is 9.18 Å². The molecule has 138 valence electrons. The molecule has 0 radical (unpaired) electrons. The Morgan fingerprint density at radius 2 is 2.00 bits per heavy atom. The van der Waals surface area contributed by atoms with Crippen LogP contribution in [0.5, 0.6) is 11.5 Å². The van der Waals surface area contributed by atoms with Gasteiger partial charge in [0.1, 0.15) is 11.5 Å². The van der Waals surface area contributed by atoms with E-state index < -0.39 is 5.82 Å². The van der Waals surface area contributed by atoms with Crippen molar-refractivity contribution in [3.63, 3.8) is 0 Å². The Bertz CT molecular complexity index is 1020. The third-order valence-electron chi connectivity index (χ3n) is 4.52. The van der Waals surface area contributed by atoms with E-state index in [0.717, 1.165) is 5.56 Å². The molecule has 0 unspecified atom stereocenters. The first-order valence-corrected chi connectivity index (χ1v) is 8.48. The number of rotatable bonds is 4. The van der Waals surface area contributed by atoms with Gasteiger partial charge < -0.3 is 14.4 Å². The van der Waals surface area contributed by atoms with Crippen molar-refractivity contribution in [2.24, 2.45) is 0 Å². The van der Waals surface area contributed by atoms with Crippen molar-refractivity contribution in [1.82, 2.24) is 14.7 Å². The van der Waals surface area contributed by atoms with E-state index in [2.05, 4.69) is 5.10 Å². The number of carbonyl (C=O) groups is 1. The summed E-state index contributed by atoms with van der Waals surface area (Å²) in [6.45, 7) is 2.36. The molecule has 1 amide bonds. The monoisotopic (exact) mass is 367 g/mol. The van der Waals surface area contributed by atoms with Crippen LogP contribution < -0.4 is 9.47 Å². The van der Waals surface area contributed by atoms with Crippen LogP contribution in [0.2, 0.25) is 0 Å². The summed E-state index contributed by atoms with van der Waals surface area (Å²) >= 11 is 0. The number of fused-ring (bicyclic) bond motifs is 1. The van der Waals surface area contributed by atoms with E-state index in [0.29, 0.717) is 35.0 Å². The van der Waals surface area contributed by atoms with Crippen molar-refractivity contribution in [2.45, 2.75) is 13.5 Å². The number of hydrogen-bond acceptors (Lipinski definition) is 4. The fraction of sp³-hybridized carbons (Fsp3) is 0.200. The van der Waals surface area contributed by atoms with Crippen molar-refractivity contribution in [3.8, 4) is 17.2 Å². The highest BCUT2D eigenvalue weighted by atomic mass is 19.1. The fourth-order valence-electron chi connectivity index (χ4n) is 3.08. The van der Waals surface area contributed by atoms with Crippen molar-refractivity contribution in [2.75, 3.05) is 13.8 Å². The molecule has 7 heteroatoms. The Labute approximate surface area is 155 Å². The van der Waals surface area contributed by atoms with Crippen LogP contribution in [-0.2, 0) is 6.54 Å². The highest BCUT2D eigenvalue weighted by Crippen LogP contribution is 2.32. The van der Waals surface area contributed by atoms with Crippen LogP contribution in [0.15, 0.2) is 48.7 Å². The number of benzene rings is 2. The lowest BCUT2D eigenvalue weighted by Crippen LogP contribution is -2.26. The summed E-state index contributed by atoms with van der Waals surface area (Å²) in [4.78, 5) is 14.4. The second-order valence-corrected chi connectivity index (χ2v) is 6.36. The molecule has 0 bridgehead atoms. The van der Waals surface area contributed by atoms with Gasteiger partial charge in [0, 0.05) is 13.6 Å². The number of para-hydroxylation sites is 1. The molecule has 0 saturated heterocycles. The number of carbonyl (C=O) groups excluding carboxylic acids is 1. The first-order chi connectivity index (χ1) is 13.0. The lowest BCUT2D eigenvalue weighted by Gasteiger charge is -2.17. The van der Waals surface area contributed by atoms with Crippen LogP contribution in [0.3, 0.4) is 0 Å². The zero-order valence-corrected chi connectivity index (χ0v) is 15.0. The van der Waals surface area contributed by atoms with Gasteiger partial charge in [-0.1, -0.05) is 18.2 Å². The van der Waals surface area contributed by atoms with Gasteiger partial charge in [0.2, 0.25) is 6.79 Å². The third kappa shape index (κ3) is 3.12. The molecule has 2 aromatic carbocycles. The van der Waals surface area contributed by atoms with Crippen LogP contribution >= 0.6 is 0 Å². The Hall–Kier alpha value is -3.35. The Morgan fingerprint density at radius 3 is 2.81 bits per heavy atom. The normalized spacial score (nSPS) is 12.3. The maximum Gasteiger partial charge on any atom is 0.257 e. The largest absolute Gasteiger partial charge is 0.454 e. The van der Waals surface area contributed by atoms with Gasteiger partial charge in [0.25, 0.3) is 5.91 Å². The quantitative estimate of drug-likeness (QED) is 0.710. The number of hydrogen-bond donors (Lipinski definition) is 0. The third-order valence-corrected chi connectivity index (χ3v) is 4.52. The minimum absolute atomic E-state index is 0.187. The predicted octanol–water partition coefficient (Wildman–Crippen LogP) is 3.32. The average molecular weight is 367 g/mol. The van der Waals surface area contributed by atoms with E-state index in [1.165, 1.54) is 16.9 Å². The van der Waals surface area contributed by atoms with E-state index in [4.69, 9.17) is 9.47 Å². The number of aromatic nitrogens is 2. The zero-order chi connectivity index (χ0) is 19.0. The summed E-state index contributed by atoms with van der Waals surface area (Å²) in [5, 5.41) is 4.20. The molecule has 6 nitrogen and oxygen atoms in total. The van der Waals surface area contributed by atoms with E-state index in [1.54, 1.807) is 37.1 Å². The minimum Gasteiger partial charge on any atom is -0.454 e. The van der Waals surface area contributed by atoms with E-state index in [1.807, 2.05) is 18.2 Å². The van der Waals surface area contributed by atoms with Gasteiger partial charge in [-0.25, -0.2) is 9.07 Å². The lowest BCUT2D eigenvalue weighted by atomic mass is 10.1.